The molecule has 0 bridgehead atoms. The second kappa shape index (κ2) is 3.83. The third-order valence-electron chi connectivity index (χ3n) is 5.74. The van der Waals surface area contributed by atoms with Crippen molar-refractivity contribution in [3.8, 4) is 0 Å². The number of hydrogen-bond acceptors (Lipinski definition) is 4. The summed E-state index contributed by atoms with van der Waals surface area (Å²) in [5.74, 6) is -0.553. The van der Waals surface area contributed by atoms with E-state index in [-0.39, 0.29) is 29.3 Å². The highest BCUT2D eigenvalue weighted by Gasteiger charge is 2.62. The van der Waals surface area contributed by atoms with Crippen molar-refractivity contribution < 1.29 is 19.7 Å². The molecule has 4 nitrogen and oxygen atoms in total. The predicted octanol–water partition coefficient (Wildman–Crippen LogP) is 1.41. The van der Waals surface area contributed by atoms with Crippen LogP contribution >= 0.6 is 0 Å². The van der Waals surface area contributed by atoms with Gasteiger partial charge in [0.15, 0.2) is 0 Å². The van der Waals surface area contributed by atoms with E-state index in [2.05, 4.69) is 6.58 Å². The van der Waals surface area contributed by atoms with Gasteiger partial charge in [0.2, 0.25) is 0 Å². The molecule has 3 aliphatic rings. The van der Waals surface area contributed by atoms with E-state index in [1.165, 1.54) is 0 Å². The molecule has 0 aromatic heterocycles. The minimum absolute atomic E-state index is 0.00218. The Morgan fingerprint density at radius 3 is 2.68 bits per heavy atom. The molecule has 19 heavy (non-hydrogen) atoms. The van der Waals surface area contributed by atoms with Gasteiger partial charge in [-0.1, -0.05) is 13.5 Å². The maximum atomic E-state index is 11.7. The van der Waals surface area contributed by atoms with Gasteiger partial charge in [-0.25, -0.2) is 4.79 Å². The average Bonchev–Trinajstić information content (AvgIpc) is 2.60. The molecule has 1 saturated heterocycles. The van der Waals surface area contributed by atoms with E-state index in [0.29, 0.717) is 18.4 Å². The number of carbonyl (C=O) groups excluding carboxylic acids is 1. The van der Waals surface area contributed by atoms with Gasteiger partial charge in [0, 0.05) is 22.8 Å². The topological polar surface area (TPSA) is 66.8 Å². The number of rotatable bonds is 0. The average molecular weight is 266 g/mol. The first-order valence-corrected chi connectivity index (χ1v) is 7.07. The van der Waals surface area contributed by atoms with Gasteiger partial charge in [0.25, 0.3) is 0 Å². The van der Waals surface area contributed by atoms with Gasteiger partial charge in [-0.15, -0.1) is 0 Å². The summed E-state index contributed by atoms with van der Waals surface area (Å²) in [6.45, 7) is 7.65. The molecule has 0 amide bonds. The van der Waals surface area contributed by atoms with Crippen LogP contribution in [0.5, 0.6) is 0 Å². The quantitative estimate of drug-likeness (QED) is 0.514. The van der Waals surface area contributed by atoms with Gasteiger partial charge in [0.05, 0.1) is 11.7 Å². The monoisotopic (exact) mass is 266 g/mol. The van der Waals surface area contributed by atoms with Crippen LogP contribution in [0.25, 0.3) is 0 Å². The third kappa shape index (κ3) is 1.62. The Morgan fingerprint density at radius 1 is 1.32 bits per heavy atom. The third-order valence-corrected chi connectivity index (χ3v) is 5.74. The molecule has 0 aromatic carbocycles. The second-order valence-corrected chi connectivity index (χ2v) is 6.94. The van der Waals surface area contributed by atoms with Crippen molar-refractivity contribution >= 4 is 5.97 Å². The summed E-state index contributed by atoms with van der Waals surface area (Å²) in [4.78, 5) is 11.7. The highest BCUT2D eigenvalue weighted by molar-refractivity contribution is 5.90. The first-order chi connectivity index (χ1) is 8.77. The molecule has 2 N–H and O–H groups in total. The molecular formula is C15H22O4. The SMILES string of the molecule is C=C1C(=O)OC2C1CC[C@]1(C)C2[C@](C)(O)CC[C@H]1O. The lowest BCUT2D eigenvalue weighted by Crippen LogP contribution is -2.62. The molecular weight excluding hydrogens is 244 g/mol. The standard InChI is InChI=1S/C15H22O4/c1-8-9-4-6-14(2)10(16)5-7-15(3,18)12(14)11(9)19-13(8)17/h9-12,16,18H,1,4-7H2,2-3H3/t9?,10-,11?,12?,14+,15-/m1/s1. The van der Waals surface area contributed by atoms with Gasteiger partial charge in [-0.2, -0.15) is 0 Å². The lowest BCUT2D eigenvalue weighted by Gasteiger charge is -2.57. The molecule has 2 aliphatic carbocycles. The predicted molar refractivity (Wildman–Crippen MR) is 69.2 cm³/mol. The molecule has 106 valence electrons. The van der Waals surface area contributed by atoms with Gasteiger partial charge in [-0.3, -0.25) is 0 Å². The molecule has 3 unspecified atom stereocenters. The van der Waals surface area contributed by atoms with E-state index in [0.717, 1.165) is 12.8 Å². The lowest BCUT2D eigenvalue weighted by molar-refractivity contribution is -0.211. The molecule has 0 radical (unpaired) electrons. The minimum Gasteiger partial charge on any atom is -0.458 e. The summed E-state index contributed by atoms with van der Waals surface area (Å²) in [6, 6.07) is 0. The van der Waals surface area contributed by atoms with Crippen LogP contribution in [0.2, 0.25) is 0 Å². The van der Waals surface area contributed by atoms with Crippen molar-refractivity contribution in [3.63, 3.8) is 0 Å². The fourth-order valence-electron chi connectivity index (χ4n) is 4.62. The van der Waals surface area contributed by atoms with Gasteiger partial charge < -0.3 is 14.9 Å². The van der Waals surface area contributed by atoms with Crippen LogP contribution < -0.4 is 0 Å². The number of ether oxygens (including phenoxy) is 1. The second-order valence-electron chi connectivity index (χ2n) is 6.94. The first-order valence-electron chi connectivity index (χ1n) is 7.07. The number of aliphatic hydroxyl groups excluding tert-OH is 1. The Labute approximate surface area is 113 Å². The number of aliphatic hydroxyl groups is 2. The zero-order chi connectivity index (χ0) is 14.0. The number of carbonyl (C=O) groups is 1. The van der Waals surface area contributed by atoms with E-state index in [9.17, 15) is 15.0 Å². The van der Waals surface area contributed by atoms with E-state index in [1.807, 2.05) is 6.92 Å². The minimum atomic E-state index is -0.901. The van der Waals surface area contributed by atoms with Crippen LogP contribution in [0.4, 0.5) is 0 Å². The molecule has 0 spiro atoms. The van der Waals surface area contributed by atoms with Crippen molar-refractivity contribution in [2.75, 3.05) is 0 Å². The number of esters is 1. The zero-order valence-corrected chi connectivity index (χ0v) is 11.6. The normalized spacial score (nSPS) is 53.5. The van der Waals surface area contributed by atoms with Crippen molar-refractivity contribution in [1.82, 2.24) is 0 Å². The fraction of sp³-hybridized carbons (Fsp3) is 0.800. The van der Waals surface area contributed by atoms with Crippen LogP contribution in [-0.2, 0) is 9.53 Å². The molecule has 4 heteroatoms. The van der Waals surface area contributed by atoms with Gasteiger partial charge >= 0.3 is 5.97 Å². The van der Waals surface area contributed by atoms with Crippen molar-refractivity contribution in [1.29, 1.82) is 0 Å². The smallest absolute Gasteiger partial charge is 0.334 e. The molecule has 6 atom stereocenters. The molecule has 2 saturated carbocycles. The fourth-order valence-corrected chi connectivity index (χ4v) is 4.62. The first kappa shape index (κ1) is 13.1. The molecule has 0 aromatic rings. The van der Waals surface area contributed by atoms with E-state index in [1.54, 1.807) is 6.92 Å². The largest absolute Gasteiger partial charge is 0.458 e. The van der Waals surface area contributed by atoms with Crippen LogP contribution in [0.15, 0.2) is 12.2 Å². The maximum Gasteiger partial charge on any atom is 0.334 e. The van der Waals surface area contributed by atoms with E-state index < -0.39 is 11.7 Å². The summed E-state index contributed by atoms with van der Waals surface area (Å²) in [7, 11) is 0. The summed E-state index contributed by atoms with van der Waals surface area (Å²) in [5.41, 5.74) is -0.751. The van der Waals surface area contributed by atoms with E-state index >= 15 is 0 Å². The van der Waals surface area contributed by atoms with Crippen molar-refractivity contribution in [2.45, 2.75) is 57.3 Å². The Morgan fingerprint density at radius 2 is 2.00 bits per heavy atom. The molecule has 3 fully saturated rings. The van der Waals surface area contributed by atoms with Crippen LogP contribution in [0, 0.1) is 17.3 Å². The summed E-state index contributed by atoms with van der Waals surface area (Å²) >= 11 is 0. The van der Waals surface area contributed by atoms with Crippen molar-refractivity contribution in [2.24, 2.45) is 17.3 Å². The summed E-state index contributed by atoms with van der Waals surface area (Å²) in [6.07, 6.45) is 1.98. The Bertz CT molecular complexity index is 441. The zero-order valence-electron chi connectivity index (χ0n) is 11.6. The maximum absolute atomic E-state index is 11.7. The van der Waals surface area contributed by atoms with Crippen LogP contribution in [0.3, 0.4) is 0 Å². The van der Waals surface area contributed by atoms with Gasteiger partial charge in [0.1, 0.15) is 6.10 Å². The molecule has 1 aliphatic heterocycles. The molecule has 3 rings (SSSR count). The Hall–Kier alpha value is -0.870. The summed E-state index contributed by atoms with van der Waals surface area (Å²) < 4.78 is 5.49. The lowest BCUT2D eigenvalue weighted by atomic mass is 9.51. The van der Waals surface area contributed by atoms with Crippen LogP contribution in [0.1, 0.15) is 39.5 Å². The number of fused-ring (bicyclic) bond motifs is 3. The van der Waals surface area contributed by atoms with Crippen molar-refractivity contribution in [3.05, 3.63) is 12.2 Å². The highest BCUT2D eigenvalue weighted by atomic mass is 16.6. The van der Waals surface area contributed by atoms with Crippen LogP contribution in [-0.4, -0.2) is 34.0 Å². The Balaban J connectivity index is 2.03. The number of hydrogen-bond donors (Lipinski definition) is 2. The highest BCUT2D eigenvalue weighted by Crippen LogP contribution is 2.58. The van der Waals surface area contributed by atoms with E-state index in [4.69, 9.17) is 4.74 Å². The molecule has 1 heterocycles. The van der Waals surface area contributed by atoms with Gasteiger partial charge in [-0.05, 0) is 32.6 Å². The Kier molecular flexibility index (Phi) is 2.64. The summed E-state index contributed by atoms with van der Waals surface area (Å²) in [5, 5.41) is 21.1.